The van der Waals surface area contributed by atoms with Crippen LogP contribution < -0.4 is 27.3 Å². The molecule has 3 N–H and O–H groups in total. The van der Waals surface area contributed by atoms with Gasteiger partial charge in [-0.2, -0.15) is 0 Å². The van der Waals surface area contributed by atoms with Gasteiger partial charge in [-0.15, -0.1) is 0 Å². The van der Waals surface area contributed by atoms with Crippen LogP contribution in [0.3, 0.4) is 0 Å². The first-order chi connectivity index (χ1) is 7.61. The lowest BCUT2D eigenvalue weighted by Crippen LogP contribution is -3.00. The Morgan fingerprint density at radius 3 is 2.76 bits per heavy atom. The van der Waals surface area contributed by atoms with Crippen molar-refractivity contribution < 1.29 is 31.4 Å². The van der Waals surface area contributed by atoms with Crippen LogP contribution in [0.25, 0.3) is 11.0 Å². The molecule has 0 aliphatic heterocycles. The summed E-state index contributed by atoms with van der Waals surface area (Å²) in [6.07, 6.45) is 0.0723. The number of imidazole rings is 1. The van der Waals surface area contributed by atoms with Crippen molar-refractivity contribution >= 4 is 23.0 Å². The van der Waals surface area contributed by atoms with E-state index in [2.05, 4.69) is 0 Å². The molecule has 17 heavy (non-hydrogen) atoms. The summed E-state index contributed by atoms with van der Waals surface area (Å²) < 4.78 is 3.68. The molecule has 0 aliphatic rings. The number of hydrogen-bond donors (Lipinski definition) is 2. The van der Waals surface area contributed by atoms with Gasteiger partial charge in [0.05, 0.1) is 20.0 Å². The third-order valence-corrected chi connectivity index (χ3v) is 2.70. The molecule has 0 aliphatic carbocycles. The fourth-order valence-electron chi connectivity index (χ4n) is 1.85. The minimum absolute atomic E-state index is 0. The molecule has 0 saturated carbocycles. The van der Waals surface area contributed by atoms with Crippen LogP contribution in [0.15, 0.2) is 24.3 Å². The van der Waals surface area contributed by atoms with Crippen LogP contribution in [0.4, 0.5) is 5.95 Å². The highest BCUT2D eigenvalue weighted by molar-refractivity contribution is 5.74. The van der Waals surface area contributed by atoms with Gasteiger partial charge in [0.2, 0.25) is 0 Å². The molecule has 0 fully saturated rings. The molecular formula is C11H14BrN3O2. The molecule has 0 unspecified atom stereocenters. The first kappa shape index (κ1) is 13.5. The van der Waals surface area contributed by atoms with Crippen LogP contribution in [0.2, 0.25) is 0 Å². The summed E-state index contributed by atoms with van der Waals surface area (Å²) in [5.74, 6) is -0.248. The van der Waals surface area contributed by atoms with Crippen LogP contribution >= 0.6 is 0 Å². The fourth-order valence-corrected chi connectivity index (χ4v) is 1.85. The zero-order valence-electron chi connectivity index (χ0n) is 9.43. The molecule has 2 aromatic rings. The lowest BCUT2D eigenvalue weighted by Gasteiger charge is -1.97. The topological polar surface area (TPSA) is 72.1 Å². The molecule has 92 valence electrons. The maximum atomic E-state index is 10.6. The van der Waals surface area contributed by atoms with Crippen molar-refractivity contribution in [3.8, 4) is 0 Å². The van der Waals surface area contributed by atoms with E-state index >= 15 is 0 Å². The van der Waals surface area contributed by atoms with Gasteiger partial charge in [-0.3, -0.25) is 10.5 Å². The second kappa shape index (κ2) is 5.18. The van der Waals surface area contributed by atoms with E-state index in [9.17, 15) is 4.79 Å². The van der Waals surface area contributed by atoms with E-state index in [-0.39, 0.29) is 23.4 Å². The number of nitrogens with two attached hydrogens (primary N) is 1. The maximum absolute atomic E-state index is 10.6. The number of benzene rings is 1. The normalized spacial score (nSPS) is 10.2. The molecule has 0 amide bonds. The van der Waals surface area contributed by atoms with Crippen molar-refractivity contribution in [1.29, 1.82) is 0 Å². The molecule has 0 spiro atoms. The number of hydrogen-bond acceptors (Lipinski definition) is 2. The van der Waals surface area contributed by atoms with E-state index in [0.29, 0.717) is 12.5 Å². The third kappa shape index (κ3) is 2.41. The first-order valence-corrected chi connectivity index (χ1v) is 5.06. The van der Waals surface area contributed by atoms with Gasteiger partial charge in [0.15, 0.2) is 0 Å². The number of carbonyl (C=O) groups is 1. The van der Waals surface area contributed by atoms with Crippen molar-refractivity contribution in [2.24, 2.45) is 7.05 Å². The third-order valence-electron chi connectivity index (χ3n) is 2.70. The predicted octanol–water partition coefficient (Wildman–Crippen LogP) is -2.47. The summed E-state index contributed by atoms with van der Waals surface area (Å²) in [6, 6.07) is 7.75. The van der Waals surface area contributed by atoms with Crippen molar-refractivity contribution in [2.75, 3.05) is 5.73 Å². The van der Waals surface area contributed by atoms with Gasteiger partial charge in [0.25, 0.3) is 0 Å². The Labute approximate surface area is 109 Å². The number of carboxylic acids is 1. The maximum Gasteiger partial charge on any atom is 0.355 e. The Balaban J connectivity index is 0.00000144. The van der Waals surface area contributed by atoms with Crippen molar-refractivity contribution in [3.05, 3.63) is 24.3 Å². The van der Waals surface area contributed by atoms with Crippen molar-refractivity contribution in [1.82, 2.24) is 4.57 Å². The van der Waals surface area contributed by atoms with Gasteiger partial charge in [-0.05, 0) is 12.1 Å². The minimum atomic E-state index is -0.820. The Bertz CT molecular complexity index is 551. The monoisotopic (exact) mass is 299 g/mol. The van der Waals surface area contributed by atoms with Crippen LogP contribution in [0, 0.1) is 0 Å². The van der Waals surface area contributed by atoms with E-state index in [1.165, 1.54) is 0 Å². The molecule has 1 aromatic carbocycles. The number of aromatic nitrogens is 2. The minimum Gasteiger partial charge on any atom is -1.00 e. The van der Waals surface area contributed by atoms with Gasteiger partial charge in [0.1, 0.15) is 11.0 Å². The average molecular weight is 300 g/mol. The van der Waals surface area contributed by atoms with E-state index < -0.39 is 5.97 Å². The number of anilines is 1. The summed E-state index contributed by atoms with van der Waals surface area (Å²) in [5, 5.41) is 8.68. The van der Waals surface area contributed by atoms with E-state index in [1.54, 1.807) is 0 Å². The molecule has 6 heteroatoms. The number of aliphatic carboxylic acids is 1. The fraction of sp³-hybridized carbons (Fsp3) is 0.273. The highest BCUT2D eigenvalue weighted by atomic mass is 79.9. The SMILES string of the molecule is C[n+]1c(N)n(CCC(=O)O)c2ccccc21.[Br-]. The Kier molecular flexibility index (Phi) is 4.11. The van der Waals surface area contributed by atoms with E-state index in [4.69, 9.17) is 10.8 Å². The highest BCUT2D eigenvalue weighted by Gasteiger charge is 2.17. The summed E-state index contributed by atoms with van der Waals surface area (Å²) in [7, 11) is 1.87. The smallest absolute Gasteiger partial charge is 0.355 e. The van der Waals surface area contributed by atoms with Crippen LogP contribution in [-0.2, 0) is 18.4 Å². The number of halogens is 1. The molecule has 1 heterocycles. The molecule has 1 aromatic heterocycles. The molecule has 0 atom stereocenters. The predicted molar refractivity (Wildman–Crippen MR) is 59.8 cm³/mol. The zero-order chi connectivity index (χ0) is 11.7. The van der Waals surface area contributed by atoms with E-state index in [1.807, 2.05) is 40.4 Å². The second-order valence-electron chi connectivity index (χ2n) is 3.70. The number of fused-ring (bicyclic) bond motifs is 1. The average Bonchev–Trinajstić information content (AvgIpc) is 2.50. The molecule has 0 radical (unpaired) electrons. The number of aryl methyl sites for hydroxylation is 2. The number of para-hydroxylation sites is 2. The second-order valence-corrected chi connectivity index (χ2v) is 3.70. The van der Waals surface area contributed by atoms with Gasteiger partial charge < -0.3 is 22.1 Å². The quantitative estimate of drug-likeness (QED) is 0.617. The van der Waals surface area contributed by atoms with Crippen LogP contribution in [-0.4, -0.2) is 15.6 Å². The molecular weight excluding hydrogens is 286 g/mol. The molecule has 0 saturated heterocycles. The first-order valence-electron chi connectivity index (χ1n) is 5.06. The number of rotatable bonds is 3. The van der Waals surface area contributed by atoms with Crippen LogP contribution in [0.1, 0.15) is 6.42 Å². The lowest BCUT2D eigenvalue weighted by atomic mass is 10.3. The number of nitrogens with zero attached hydrogens (tertiary/aromatic N) is 2. The van der Waals surface area contributed by atoms with Gasteiger partial charge >= 0.3 is 11.9 Å². The van der Waals surface area contributed by atoms with Gasteiger partial charge in [0, 0.05) is 0 Å². The lowest BCUT2D eigenvalue weighted by molar-refractivity contribution is -0.630. The van der Waals surface area contributed by atoms with Crippen molar-refractivity contribution in [2.45, 2.75) is 13.0 Å². The summed E-state index contributed by atoms with van der Waals surface area (Å²) in [4.78, 5) is 10.6. The highest BCUT2D eigenvalue weighted by Crippen LogP contribution is 2.15. The Hall–Kier alpha value is -1.56. The number of carboxylic acid groups (broad SMARTS) is 1. The summed E-state index contributed by atoms with van der Waals surface area (Å²) >= 11 is 0. The Morgan fingerprint density at radius 1 is 1.47 bits per heavy atom. The van der Waals surface area contributed by atoms with E-state index in [0.717, 1.165) is 11.0 Å². The molecule has 0 bridgehead atoms. The summed E-state index contributed by atoms with van der Waals surface area (Å²) in [6.45, 7) is 0.391. The van der Waals surface area contributed by atoms with Gasteiger partial charge in [-0.25, -0.2) is 9.13 Å². The van der Waals surface area contributed by atoms with Crippen LogP contribution in [0.5, 0.6) is 0 Å². The van der Waals surface area contributed by atoms with Crippen molar-refractivity contribution in [3.63, 3.8) is 0 Å². The van der Waals surface area contributed by atoms with Gasteiger partial charge in [-0.1, -0.05) is 12.1 Å². The largest absolute Gasteiger partial charge is 1.00 e. The number of nitrogen functional groups attached to an aromatic ring is 1. The summed E-state index contributed by atoms with van der Waals surface area (Å²) in [5.41, 5.74) is 7.90. The zero-order valence-corrected chi connectivity index (χ0v) is 11.0. The standard InChI is InChI=1S/C11H13N3O2.BrH/c1-13-8-4-2-3-5-9(8)14(11(13)12)7-6-10(15)16;/h2-5,12H,6-7H2,1H3,(H,15,16);1H. The molecule has 2 rings (SSSR count). The molecule has 5 nitrogen and oxygen atoms in total. The Morgan fingerprint density at radius 2 is 2.12 bits per heavy atom.